The highest BCUT2D eigenvalue weighted by molar-refractivity contribution is 6.00. The predicted molar refractivity (Wildman–Crippen MR) is 263 cm³/mol. The molecule has 0 radical (unpaired) electrons. The summed E-state index contributed by atoms with van der Waals surface area (Å²) in [6.07, 6.45) is 14.2. The Labute approximate surface area is 415 Å². The van der Waals surface area contributed by atoms with Crippen LogP contribution in [-0.4, -0.2) is 130 Å². The quantitative estimate of drug-likeness (QED) is 0.123. The Morgan fingerprint density at radius 1 is 0.957 bits per heavy atom. The van der Waals surface area contributed by atoms with E-state index in [4.69, 9.17) is 10.5 Å². The summed E-state index contributed by atoms with van der Waals surface area (Å²) >= 11 is 0. The zero-order chi connectivity index (χ0) is 49.8. The van der Waals surface area contributed by atoms with Crippen molar-refractivity contribution in [2.75, 3.05) is 13.2 Å². The monoisotopic (exact) mass is 978 g/mol. The number of ketones is 1. The highest BCUT2D eigenvalue weighted by Crippen LogP contribution is 2.77. The summed E-state index contributed by atoms with van der Waals surface area (Å²) in [4.78, 5) is 15.8. The molecule has 0 amide bonds. The van der Waals surface area contributed by atoms with E-state index in [-0.39, 0.29) is 87.0 Å². The molecule has 0 aromatic rings. The minimum Gasteiger partial charge on any atom is -0.396 e. The number of rotatable bonds is 12. The summed E-state index contributed by atoms with van der Waals surface area (Å²) in [5, 5.41) is 120. The predicted octanol–water partition coefficient (Wildman–Crippen LogP) is 4.04. The van der Waals surface area contributed by atoms with Gasteiger partial charge in [-0.2, -0.15) is 0 Å². The fraction of sp³-hybridized carbons (Fsp3) is 0.839. The number of nitrogens with one attached hydrogen (secondary N) is 2. The molecule has 8 aliphatic carbocycles. The fourth-order valence-electron chi connectivity index (χ4n) is 18.5. The van der Waals surface area contributed by atoms with Gasteiger partial charge in [0.1, 0.15) is 5.60 Å². The van der Waals surface area contributed by atoms with Gasteiger partial charge < -0.3 is 67.1 Å². The molecule has 0 bridgehead atoms. The Bertz CT molecular complexity index is 2100. The Balaban J connectivity index is 1.16. The van der Waals surface area contributed by atoms with E-state index in [1.807, 2.05) is 24.3 Å². The van der Waals surface area contributed by atoms with Gasteiger partial charge in [0.2, 0.25) is 0 Å². The molecule has 0 aromatic heterocycles. The van der Waals surface area contributed by atoms with Crippen LogP contribution in [0.25, 0.3) is 0 Å². The topological polar surface area (TPSA) is 258 Å². The zero-order valence-electron chi connectivity index (χ0n) is 42.2. The highest BCUT2D eigenvalue weighted by atomic mass is 16.5. The van der Waals surface area contributed by atoms with E-state index in [0.717, 1.165) is 62.6 Å². The van der Waals surface area contributed by atoms with Gasteiger partial charge in [-0.05, 0) is 163 Å². The smallest absolute Gasteiger partial charge is 0.182 e. The second kappa shape index (κ2) is 18.9. The number of aliphatic hydroxyl groups is 9. The van der Waals surface area contributed by atoms with E-state index in [2.05, 4.69) is 17.6 Å². The molecule has 10 rings (SSSR count). The van der Waals surface area contributed by atoms with E-state index in [1.54, 1.807) is 13.8 Å². The van der Waals surface area contributed by atoms with Gasteiger partial charge in [-0.1, -0.05) is 57.3 Å². The zero-order valence-corrected chi connectivity index (χ0v) is 42.2. The second-order valence-corrected chi connectivity index (χ2v) is 25.0. The summed E-state index contributed by atoms with van der Waals surface area (Å²) in [6, 6.07) is 0. The summed E-state index contributed by atoms with van der Waals surface area (Å²) < 4.78 is 7.11. The number of allylic oxidation sites excluding steroid dienone is 5. The van der Waals surface area contributed by atoms with Gasteiger partial charge in [-0.3, -0.25) is 4.79 Å². The molecule has 1 spiro atoms. The molecule has 70 heavy (non-hydrogen) atoms. The van der Waals surface area contributed by atoms with Gasteiger partial charge in [-0.25, -0.2) is 0 Å². The largest absolute Gasteiger partial charge is 0.396 e. The second-order valence-electron chi connectivity index (χ2n) is 25.0. The molecule has 13 N–H and O–H groups in total. The van der Waals surface area contributed by atoms with E-state index >= 15 is 4.79 Å². The van der Waals surface area contributed by atoms with E-state index in [0.29, 0.717) is 56.4 Å². The van der Waals surface area contributed by atoms with Crippen molar-refractivity contribution in [2.24, 2.45) is 63.9 Å². The molecule has 20 unspecified atom stereocenters. The van der Waals surface area contributed by atoms with Crippen molar-refractivity contribution in [1.82, 2.24) is 10.6 Å². The van der Waals surface area contributed by atoms with Gasteiger partial charge in [0.15, 0.2) is 5.78 Å². The van der Waals surface area contributed by atoms with Crippen LogP contribution in [0.3, 0.4) is 0 Å². The van der Waals surface area contributed by atoms with Crippen molar-refractivity contribution in [3.05, 3.63) is 46.8 Å². The standard InChI is InChI=1S/C56H87N3O11/c1-4-9-32-14-16-36-42(18-15-32)70-50-45(36)39(62)13-7-22-56(50,69)51(3,66)43-21-24-55(68)46-47(58-29-31(2)61)48(65)37-26-40(63)41(64)28-52(37)27-33(35-17-19-44(57)59-38(35)12-8-25-60)20-23-53(67,49(46)52)30-54(43,55)34-10-5-6-11-34/h17,19-20,23,31-34,36-37,39-45,49-50,58-64,66-69H,4-16,18,21-22,24-30,57H2,1-3H3. The fourth-order valence-corrected chi connectivity index (χ4v) is 18.5. The highest BCUT2D eigenvalue weighted by Gasteiger charge is 2.80. The molecule has 6 saturated carbocycles. The van der Waals surface area contributed by atoms with Crippen LogP contribution in [0.4, 0.5) is 0 Å². The van der Waals surface area contributed by atoms with Crippen LogP contribution in [-0.2, 0) is 9.53 Å². The molecule has 1 saturated heterocycles. The van der Waals surface area contributed by atoms with Crippen LogP contribution >= 0.6 is 0 Å². The number of ether oxygens (including phenoxy) is 1. The Morgan fingerprint density at radius 2 is 1.71 bits per heavy atom. The van der Waals surface area contributed by atoms with E-state index < -0.39 is 93.6 Å². The third-order valence-corrected chi connectivity index (χ3v) is 21.3. The van der Waals surface area contributed by atoms with Crippen molar-refractivity contribution >= 4 is 5.78 Å². The Hall–Kier alpha value is -2.21. The normalized spacial score (nSPS) is 48.3. The van der Waals surface area contributed by atoms with Crippen LogP contribution in [0, 0.1) is 58.2 Å². The first kappa shape index (κ1) is 51.3. The van der Waals surface area contributed by atoms with E-state index in [9.17, 15) is 46.0 Å². The summed E-state index contributed by atoms with van der Waals surface area (Å²) in [6.45, 7) is 5.53. The van der Waals surface area contributed by atoms with Gasteiger partial charge in [0.05, 0.1) is 65.3 Å². The summed E-state index contributed by atoms with van der Waals surface area (Å²) in [5.74, 6) is -3.36. The van der Waals surface area contributed by atoms with Crippen LogP contribution in [0.2, 0.25) is 0 Å². The molecule has 2 aliphatic heterocycles. The lowest BCUT2D eigenvalue weighted by Crippen LogP contribution is -2.74. The molecular formula is C56H87N3O11. The number of carbonyl (C=O) groups is 1. The summed E-state index contributed by atoms with van der Waals surface area (Å²) in [5.41, 5.74) is -1.18. The van der Waals surface area contributed by atoms with Gasteiger partial charge in [0.25, 0.3) is 0 Å². The average molecular weight is 978 g/mol. The molecule has 7 fully saturated rings. The molecule has 10 aliphatic rings. The molecule has 2 heterocycles. The minimum atomic E-state index is -1.91. The van der Waals surface area contributed by atoms with Crippen molar-refractivity contribution in [3.63, 3.8) is 0 Å². The van der Waals surface area contributed by atoms with Crippen LogP contribution in [0.5, 0.6) is 0 Å². The lowest BCUT2D eigenvalue weighted by molar-refractivity contribution is -0.274. The number of Topliss-reactive ketones (excluding diaryl/α,β-unsaturated/α-hetero) is 1. The molecule has 14 nitrogen and oxygen atoms in total. The number of fused-ring (bicyclic) bond motifs is 5. The maximum Gasteiger partial charge on any atom is 0.182 e. The van der Waals surface area contributed by atoms with Crippen molar-refractivity contribution in [2.45, 2.75) is 221 Å². The molecule has 14 heteroatoms. The lowest BCUT2D eigenvalue weighted by atomic mass is 9.38. The Morgan fingerprint density at radius 3 is 2.44 bits per heavy atom. The molecule has 392 valence electrons. The third kappa shape index (κ3) is 7.75. The minimum absolute atomic E-state index is 0.0114. The number of hydrogen-bond acceptors (Lipinski definition) is 14. The van der Waals surface area contributed by atoms with Crippen LogP contribution in [0.15, 0.2) is 46.8 Å². The SMILES string of the molecule is CCCC1CCC2OC3C(C(O)CCCC3(O)C(C)(O)C3CCC4(O)C5=C(NCC(C)O)C(=O)C6CC(O)C(O)CC67CC(C6=C(CCCO)NC(N)C=C6)C=CC(O)(CC34C3CCCC3)C57)C2CC1. The maximum absolute atomic E-state index is 15.8. The van der Waals surface area contributed by atoms with Crippen LogP contribution < -0.4 is 16.4 Å². The molecular weight excluding hydrogens is 891 g/mol. The number of aliphatic hydroxyl groups excluding tert-OH is 5. The number of carbonyl (C=O) groups excluding carboxylic acids is 1. The Kier molecular flexibility index (Phi) is 13.8. The van der Waals surface area contributed by atoms with Gasteiger partial charge in [0, 0.05) is 47.9 Å². The third-order valence-electron chi connectivity index (χ3n) is 21.3. The average Bonchev–Trinajstić information content (AvgIpc) is 3.98. The van der Waals surface area contributed by atoms with Crippen molar-refractivity contribution < 1.29 is 55.5 Å². The first-order valence-electron chi connectivity index (χ1n) is 27.8. The maximum atomic E-state index is 15.8. The van der Waals surface area contributed by atoms with E-state index in [1.165, 1.54) is 0 Å². The van der Waals surface area contributed by atoms with Crippen molar-refractivity contribution in [1.29, 1.82) is 0 Å². The first-order valence-corrected chi connectivity index (χ1v) is 27.8. The number of nitrogens with two attached hydrogens (primary N) is 1. The van der Waals surface area contributed by atoms with Crippen molar-refractivity contribution in [3.8, 4) is 0 Å². The number of dihydropyridines is 1. The molecule has 0 aromatic carbocycles. The van der Waals surface area contributed by atoms with Crippen LogP contribution in [0.1, 0.15) is 156 Å². The number of hydrogen-bond donors (Lipinski definition) is 12. The summed E-state index contributed by atoms with van der Waals surface area (Å²) in [7, 11) is 0. The molecule has 20 atom stereocenters. The van der Waals surface area contributed by atoms with Gasteiger partial charge >= 0.3 is 0 Å². The van der Waals surface area contributed by atoms with Gasteiger partial charge in [-0.15, -0.1) is 0 Å². The lowest BCUT2D eigenvalue weighted by Gasteiger charge is -2.68. The first-order chi connectivity index (χ1) is 33.3.